The van der Waals surface area contributed by atoms with Crippen molar-refractivity contribution in [2.45, 2.75) is 250 Å². The van der Waals surface area contributed by atoms with Crippen molar-refractivity contribution in [1.29, 1.82) is 0 Å². The van der Waals surface area contributed by atoms with E-state index in [4.69, 9.17) is 9.47 Å². The molecule has 1 aromatic carbocycles. The molecule has 0 aliphatic heterocycles. The molecule has 0 radical (unpaired) electrons. The van der Waals surface area contributed by atoms with Gasteiger partial charge < -0.3 is 14.0 Å². The molecule has 0 amide bonds. The van der Waals surface area contributed by atoms with E-state index >= 15 is 0 Å². The van der Waals surface area contributed by atoms with E-state index in [1.165, 1.54) is 192 Å². The molecule has 7 nitrogen and oxygen atoms in total. The first-order chi connectivity index (χ1) is 29.3. The van der Waals surface area contributed by atoms with E-state index in [2.05, 4.69) is 38.2 Å². The van der Waals surface area contributed by atoms with E-state index in [1.54, 1.807) is 0 Å². The Kier molecular flexibility index (Phi) is 42.7. The number of rotatable bonds is 43. The maximum atomic E-state index is 13.1. The normalized spacial score (nSPS) is 11.7. The molecule has 0 fully saturated rings. The van der Waals surface area contributed by atoms with Gasteiger partial charge in [0.25, 0.3) is 0 Å². The minimum Gasteiger partial charge on any atom is -0.744 e. The van der Waals surface area contributed by atoms with Crippen molar-refractivity contribution in [2.75, 3.05) is 13.2 Å². The third-order valence-electron chi connectivity index (χ3n) is 11.5. The minimum absolute atomic E-state index is 0. The molecule has 0 heterocycles. The molecular formula is C52H89NaO7S. The predicted molar refractivity (Wildman–Crippen MR) is 251 cm³/mol. The Bertz CT molecular complexity index is 1340. The van der Waals surface area contributed by atoms with Gasteiger partial charge in [0, 0.05) is 0 Å². The first-order valence-electron chi connectivity index (χ1n) is 25.1. The van der Waals surface area contributed by atoms with Crippen LogP contribution in [0.4, 0.5) is 0 Å². The van der Waals surface area contributed by atoms with Crippen LogP contribution in [0.3, 0.4) is 0 Å². The SMILES string of the molecule is CCCCCCCCC/C=C/CCCCCCCCCCCOC(=O)c1cccc(S(=O)(=O)[O-])c1C(=O)OCCCCCCCCCCC/C=C/CCCCCCCCC.[Na+]. The molecule has 0 saturated heterocycles. The summed E-state index contributed by atoms with van der Waals surface area (Å²) < 4.78 is 46.9. The van der Waals surface area contributed by atoms with Gasteiger partial charge in [-0.2, -0.15) is 0 Å². The number of benzene rings is 1. The summed E-state index contributed by atoms with van der Waals surface area (Å²) in [7, 11) is -5.02. The Morgan fingerprint density at radius 1 is 0.459 bits per heavy atom. The summed E-state index contributed by atoms with van der Waals surface area (Å²) in [4.78, 5) is 25.3. The second-order valence-corrected chi connectivity index (χ2v) is 18.5. The van der Waals surface area contributed by atoms with Crippen LogP contribution in [0.15, 0.2) is 47.4 Å². The minimum atomic E-state index is -5.02. The number of unbranched alkanes of at least 4 members (excludes halogenated alkanes) is 32. The number of carbonyl (C=O) groups excluding carboxylic acids is 2. The first kappa shape index (κ1) is 59.5. The summed E-state index contributed by atoms with van der Waals surface area (Å²) in [5.41, 5.74) is -0.777. The van der Waals surface area contributed by atoms with Crippen LogP contribution in [0, 0.1) is 0 Å². The van der Waals surface area contributed by atoms with E-state index in [9.17, 15) is 22.6 Å². The van der Waals surface area contributed by atoms with Crippen LogP contribution in [-0.2, 0) is 19.6 Å². The Hall–Kier alpha value is -1.45. The van der Waals surface area contributed by atoms with Crippen molar-refractivity contribution in [3.8, 4) is 0 Å². The second kappa shape index (κ2) is 43.8. The quantitative estimate of drug-likeness (QED) is 0.0211. The smallest absolute Gasteiger partial charge is 0.744 e. The number of carbonyl (C=O) groups is 2. The fourth-order valence-corrected chi connectivity index (χ4v) is 8.40. The second-order valence-electron chi connectivity index (χ2n) is 17.1. The van der Waals surface area contributed by atoms with Crippen molar-refractivity contribution < 1.29 is 61.6 Å². The van der Waals surface area contributed by atoms with Gasteiger partial charge in [0.05, 0.1) is 29.2 Å². The summed E-state index contributed by atoms with van der Waals surface area (Å²) in [6.45, 7) is 4.77. The number of hydrogen-bond acceptors (Lipinski definition) is 7. The van der Waals surface area contributed by atoms with Crippen molar-refractivity contribution in [3.05, 3.63) is 53.6 Å². The molecule has 346 valence electrons. The summed E-state index contributed by atoms with van der Waals surface area (Å²) in [6, 6.07) is 3.64. The van der Waals surface area contributed by atoms with E-state index < -0.39 is 32.5 Å². The summed E-state index contributed by atoms with van der Waals surface area (Å²) >= 11 is 0. The van der Waals surface area contributed by atoms with Gasteiger partial charge in [-0.05, 0) is 76.3 Å². The number of allylic oxidation sites excluding steroid dienone is 4. The summed E-state index contributed by atoms with van der Waals surface area (Å²) in [6.07, 6.45) is 53.3. The Morgan fingerprint density at radius 3 is 1.08 bits per heavy atom. The van der Waals surface area contributed by atoms with E-state index in [0.29, 0.717) is 12.8 Å². The molecule has 0 aromatic heterocycles. The largest absolute Gasteiger partial charge is 1.00 e. The number of esters is 2. The van der Waals surface area contributed by atoms with Gasteiger partial charge >= 0.3 is 41.5 Å². The van der Waals surface area contributed by atoms with Crippen LogP contribution in [0.25, 0.3) is 0 Å². The molecule has 0 bridgehead atoms. The van der Waals surface area contributed by atoms with Crippen LogP contribution in [0.5, 0.6) is 0 Å². The van der Waals surface area contributed by atoms with Gasteiger partial charge in [-0.25, -0.2) is 18.0 Å². The molecule has 1 aromatic rings. The zero-order chi connectivity index (χ0) is 43.6. The van der Waals surface area contributed by atoms with Gasteiger partial charge in [-0.1, -0.05) is 211 Å². The third-order valence-corrected chi connectivity index (χ3v) is 12.4. The van der Waals surface area contributed by atoms with Crippen molar-refractivity contribution in [3.63, 3.8) is 0 Å². The van der Waals surface area contributed by atoms with Crippen molar-refractivity contribution in [2.24, 2.45) is 0 Å². The Balaban J connectivity index is 0.0000360. The van der Waals surface area contributed by atoms with Crippen LogP contribution in [0.2, 0.25) is 0 Å². The molecule has 9 heteroatoms. The molecule has 0 spiro atoms. The van der Waals surface area contributed by atoms with E-state index in [0.717, 1.165) is 44.6 Å². The number of hydrogen-bond donors (Lipinski definition) is 0. The van der Waals surface area contributed by atoms with Crippen LogP contribution in [0.1, 0.15) is 266 Å². The molecule has 61 heavy (non-hydrogen) atoms. The third kappa shape index (κ3) is 35.6. The Labute approximate surface area is 397 Å². The summed E-state index contributed by atoms with van der Waals surface area (Å²) in [5, 5.41) is 0. The average molecular weight is 881 g/mol. The van der Waals surface area contributed by atoms with Gasteiger partial charge in [0.2, 0.25) is 0 Å². The van der Waals surface area contributed by atoms with E-state index in [1.807, 2.05) is 0 Å². The first-order valence-corrected chi connectivity index (χ1v) is 26.5. The van der Waals surface area contributed by atoms with Gasteiger partial charge in [-0.3, -0.25) is 0 Å². The standard InChI is InChI=1S/C52H90O7S.Na/c1-3-5-7-9-11-13-15-17-19-21-23-25-27-29-31-33-35-37-39-41-46-58-51(53)48-44-43-45-49(60(55,56)57)50(48)52(54)59-47-42-40-38-36-34-32-30-28-26-24-22-20-18-16-14-12-10-8-6-4-2;/h19-22,43-45H,3-18,23-42,46-47H2,1-2H3,(H,55,56,57);/q;+1/p-1/b21-19+,22-20+;. The maximum absolute atomic E-state index is 13.1. The topological polar surface area (TPSA) is 110 Å². The Morgan fingerprint density at radius 2 is 0.754 bits per heavy atom. The monoisotopic (exact) mass is 881 g/mol. The van der Waals surface area contributed by atoms with Crippen LogP contribution in [-0.4, -0.2) is 38.1 Å². The fraction of sp³-hybridized carbons (Fsp3) is 0.769. The van der Waals surface area contributed by atoms with Gasteiger partial charge in [-0.15, -0.1) is 0 Å². The molecule has 0 aliphatic carbocycles. The zero-order valence-electron chi connectivity index (χ0n) is 39.7. The molecule has 0 saturated carbocycles. The fourth-order valence-electron chi connectivity index (χ4n) is 7.71. The maximum Gasteiger partial charge on any atom is 1.00 e. The van der Waals surface area contributed by atoms with Crippen LogP contribution < -0.4 is 29.6 Å². The van der Waals surface area contributed by atoms with Crippen molar-refractivity contribution >= 4 is 22.1 Å². The predicted octanol–water partition coefficient (Wildman–Crippen LogP) is 13.1. The van der Waals surface area contributed by atoms with Gasteiger partial charge in [0.1, 0.15) is 10.1 Å². The molecule has 1 rings (SSSR count). The average Bonchev–Trinajstić information content (AvgIpc) is 3.24. The van der Waals surface area contributed by atoms with E-state index in [-0.39, 0.29) is 48.3 Å². The molecule has 0 N–H and O–H groups in total. The molecule has 0 atom stereocenters. The van der Waals surface area contributed by atoms with Gasteiger partial charge in [0.15, 0.2) is 0 Å². The molecule has 0 unspecified atom stereocenters. The molecular weight excluding hydrogens is 792 g/mol. The summed E-state index contributed by atoms with van der Waals surface area (Å²) in [5.74, 6) is -1.81. The number of ether oxygens (including phenoxy) is 2. The molecule has 0 aliphatic rings. The zero-order valence-corrected chi connectivity index (χ0v) is 42.5. The van der Waals surface area contributed by atoms with Crippen LogP contribution >= 0.6 is 0 Å². The van der Waals surface area contributed by atoms with Crippen molar-refractivity contribution in [1.82, 2.24) is 0 Å².